The van der Waals surface area contributed by atoms with Crippen LogP contribution in [0.1, 0.15) is 19.4 Å². The average Bonchev–Trinajstić information content (AvgIpc) is 2.82. The first-order valence-corrected chi connectivity index (χ1v) is 7.28. The molecule has 23 heavy (non-hydrogen) atoms. The molecule has 0 unspecified atom stereocenters. The summed E-state index contributed by atoms with van der Waals surface area (Å²) in [6.45, 7) is 5.63. The van der Waals surface area contributed by atoms with E-state index in [0.29, 0.717) is 17.6 Å². The third-order valence-corrected chi connectivity index (χ3v) is 3.45. The summed E-state index contributed by atoms with van der Waals surface area (Å²) in [4.78, 5) is 8.80. The van der Waals surface area contributed by atoms with Gasteiger partial charge in [-0.3, -0.25) is 0 Å². The second kappa shape index (κ2) is 6.41. The summed E-state index contributed by atoms with van der Waals surface area (Å²) in [6.07, 6.45) is 0. The van der Waals surface area contributed by atoms with Crippen molar-refractivity contribution in [1.29, 1.82) is 0 Å². The highest BCUT2D eigenvalue weighted by Gasteiger charge is 2.21. The number of amidine groups is 1. The van der Waals surface area contributed by atoms with E-state index in [-0.39, 0.29) is 22.7 Å². The number of hydrogen-bond donors (Lipinski definition) is 4. The molecule has 0 saturated heterocycles. The Labute approximate surface area is 134 Å². The van der Waals surface area contributed by atoms with Gasteiger partial charge in [0.15, 0.2) is 17.6 Å². The fourth-order valence-corrected chi connectivity index (χ4v) is 2.69. The van der Waals surface area contributed by atoms with Crippen molar-refractivity contribution in [2.45, 2.75) is 13.8 Å². The molecule has 0 aliphatic heterocycles. The smallest absolute Gasteiger partial charge is 0.198 e. The van der Waals surface area contributed by atoms with Crippen molar-refractivity contribution in [3.05, 3.63) is 23.5 Å². The van der Waals surface area contributed by atoms with Crippen LogP contribution in [-0.2, 0) is 0 Å². The van der Waals surface area contributed by atoms with Crippen molar-refractivity contribution in [3.63, 3.8) is 0 Å². The van der Waals surface area contributed by atoms with Gasteiger partial charge >= 0.3 is 0 Å². The number of nitrogen functional groups attached to an aromatic ring is 1. The van der Waals surface area contributed by atoms with Crippen LogP contribution in [0.15, 0.2) is 17.3 Å². The van der Waals surface area contributed by atoms with Crippen molar-refractivity contribution >= 4 is 22.8 Å². The largest absolute Gasteiger partial charge is 0.409 e. The molecule has 0 spiro atoms. The monoisotopic (exact) mass is 322 g/mol. The Kier molecular flexibility index (Phi) is 4.74. The lowest BCUT2D eigenvalue weighted by Crippen LogP contribution is -2.40. The topological polar surface area (TPSA) is 103 Å². The summed E-state index contributed by atoms with van der Waals surface area (Å²) in [5.74, 6) is -0.135. The Balaban J connectivity index is 2.27. The van der Waals surface area contributed by atoms with Crippen LogP contribution in [0.2, 0.25) is 0 Å². The number of oxime groups is 1. The molecule has 1 heterocycles. The highest BCUT2D eigenvalue weighted by Crippen LogP contribution is 2.21. The van der Waals surface area contributed by atoms with Gasteiger partial charge in [0, 0.05) is 18.7 Å². The number of nitrogens with one attached hydrogen (secondary N) is 2. The van der Waals surface area contributed by atoms with E-state index in [4.69, 9.17) is 5.73 Å². The van der Waals surface area contributed by atoms with Gasteiger partial charge < -0.3 is 26.1 Å². The van der Waals surface area contributed by atoms with Gasteiger partial charge in [0.1, 0.15) is 5.52 Å². The van der Waals surface area contributed by atoms with Crippen LogP contribution in [0.3, 0.4) is 0 Å². The van der Waals surface area contributed by atoms with E-state index in [9.17, 15) is 9.60 Å². The summed E-state index contributed by atoms with van der Waals surface area (Å²) in [6, 6.07) is 2.80. The fourth-order valence-electron chi connectivity index (χ4n) is 2.69. The molecule has 0 atom stereocenters. The van der Waals surface area contributed by atoms with Crippen molar-refractivity contribution in [1.82, 2.24) is 20.2 Å². The number of fused-ring (bicyclic) bond motifs is 1. The van der Waals surface area contributed by atoms with Crippen LogP contribution in [0.4, 0.5) is 10.3 Å². The molecule has 7 nitrogen and oxygen atoms in total. The first-order chi connectivity index (χ1) is 10.7. The first-order valence-electron chi connectivity index (χ1n) is 7.28. The Hall–Kier alpha value is -2.35. The molecule has 2 aromatic rings. The van der Waals surface area contributed by atoms with E-state index >= 15 is 0 Å². The van der Waals surface area contributed by atoms with E-state index in [0.717, 1.165) is 6.54 Å². The second-order valence-electron chi connectivity index (χ2n) is 6.64. The first kappa shape index (κ1) is 17.0. The number of nitrogens with zero attached hydrogens (tertiary/aromatic N) is 3. The van der Waals surface area contributed by atoms with Crippen LogP contribution in [-0.4, -0.2) is 53.1 Å². The molecule has 0 bridgehead atoms. The molecule has 0 radical (unpaired) electrons. The summed E-state index contributed by atoms with van der Waals surface area (Å²) in [7, 11) is 4.00. The molecule has 1 aromatic carbocycles. The summed E-state index contributed by atoms with van der Waals surface area (Å²) < 4.78 is 13.8. The molecule has 1 aromatic heterocycles. The maximum atomic E-state index is 13.8. The van der Waals surface area contributed by atoms with Crippen LogP contribution in [0.25, 0.3) is 11.0 Å². The molecule has 0 amide bonds. The number of imidazole rings is 1. The summed E-state index contributed by atoms with van der Waals surface area (Å²) >= 11 is 0. The standard InChI is InChI=1S/C15H23FN6O/c1-15(2,8-22(3)4)7-18-13(21-23)9-5-6-10(16)12-11(9)19-14(17)20-12/h5-6,23H,7-8H2,1-4H3,(H,18,21)(H3,17,19,20). The Morgan fingerprint density at radius 3 is 2.78 bits per heavy atom. The molecule has 0 aliphatic carbocycles. The van der Waals surface area contributed by atoms with Crippen LogP contribution < -0.4 is 11.1 Å². The SMILES string of the molecule is CN(C)CC(C)(C)CNC(=NO)c1ccc(F)c2nc(N)[nH]c12. The number of aromatic amines is 1. The number of anilines is 1. The zero-order chi connectivity index (χ0) is 17.2. The van der Waals surface area contributed by atoms with Crippen LogP contribution in [0, 0.1) is 11.2 Å². The number of hydrogen-bond acceptors (Lipinski definition) is 5. The third kappa shape index (κ3) is 3.89. The predicted octanol–water partition coefficient (Wildman–Crippen LogP) is 1.60. The maximum Gasteiger partial charge on any atom is 0.198 e. The van der Waals surface area contributed by atoms with E-state index in [1.54, 1.807) is 0 Å². The van der Waals surface area contributed by atoms with Crippen molar-refractivity contribution in [2.24, 2.45) is 10.6 Å². The quantitative estimate of drug-likeness (QED) is 0.290. The minimum atomic E-state index is -0.484. The lowest BCUT2D eigenvalue weighted by Gasteiger charge is -2.29. The van der Waals surface area contributed by atoms with E-state index in [1.165, 1.54) is 12.1 Å². The molecular formula is C15H23FN6O. The molecule has 0 aliphatic rings. The van der Waals surface area contributed by atoms with Gasteiger partial charge in [0.25, 0.3) is 0 Å². The van der Waals surface area contributed by atoms with Gasteiger partial charge in [-0.05, 0) is 31.6 Å². The van der Waals surface area contributed by atoms with Gasteiger partial charge in [0.05, 0.1) is 5.52 Å². The van der Waals surface area contributed by atoms with Gasteiger partial charge in [0.2, 0.25) is 0 Å². The number of nitrogens with two attached hydrogens (primary N) is 1. The molecule has 8 heteroatoms. The number of aromatic nitrogens is 2. The normalized spacial score (nSPS) is 13.0. The Morgan fingerprint density at radius 1 is 1.48 bits per heavy atom. The molecule has 126 valence electrons. The predicted molar refractivity (Wildman–Crippen MR) is 89.1 cm³/mol. The zero-order valence-electron chi connectivity index (χ0n) is 13.8. The Bertz CT molecular complexity index is 722. The number of rotatable bonds is 5. The molecular weight excluding hydrogens is 299 g/mol. The van der Waals surface area contributed by atoms with Gasteiger partial charge in [-0.2, -0.15) is 0 Å². The highest BCUT2D eigenvalue weighted by molar-refractivity contribution is 6.08. The molecule has 2 rings (SSSR count). The minimum absolute atomic E-state index is 0.0500. The number of H-pyrrole nitrogens is 1. The molecule has 0 fully saturated rings. The van der Waals surface area contributed by atoms with Crippen LogP contribution in [0.5, 0.6) is 0 Å². The lowest BCUT2D eigenvalue weighted by molar-refractivity contribution is 0.240. The van der Waals surface area contributed by atoms with Crippen molar-refractivity contribution < 1.29 is 9.60 Å². The summed E-state index contributed by atoms with van der Waals surface area (Å²) in [5.41, 5.74) is 6.58. The Morgan fingerprint density at radius 2 is 2.17 bits per heavy atom. The van der Waals surface area contributed by atoms with Gasteiger partial charge in [-0.1, -0.05) is 19.0 Å². The summed E-state index contributed by atoms with van der Waals surface area (Å²) in [5, 5.41) is 15.8. The van der Waals surface area contributed by atoms with E-state index < -0.39 is 5.82 Å². The van der Waals surface area contributed by atoms with E-state index in [2.05, 4.69) is 39.2 Å². The minimum Gasteiger partial charge on any atom is -0.409 e. The zero-order valence-corrected chi connectivity index (χ0v) is 13.8. The van der Waals surface area contributed by atoms with Gasteiger partial charge in [-0.25, -0.2) is 9.37 Å². The highest BCUT2D eigenvalue weighted by atomic mass is 19.1. The van der Waals surface area contributed by atoms with Gasteiger partial charge in [-0.15, -0.1) is 0 Å². The third-order valence-electron chi connectivity index (χ3n) is 3.45. The van der Waals surface area contributed by atoms with Crippen molar-refractivity contribution in [2.75, 3.05) is 32.9 Å². The maximum absolute atomic E-state index is 13.8. The number of halogens is 1. The fraction of sp³-hybridized carbons (Fsp3) is 0.467. The van der Waals surface area contributed by atoms with Crippen molar-refractivity contribution in [3.8, 4) is 0 Å². The molecule has 0 saturated carbocycles. The molecule has 5 N–H and O–H groups in total. The second-order valence-corrected chi connectivity index (χ2v) is 6.64. The average molecular weight is 322 g/mol. The lowest BCUT2D eigenvalue weighted by atomic mass is 9.93. The number of benzene rings is 1. The van der Waals surface area contributed by atoms with E-state index in [1.807, 2.05) is 14.1 Å². The van der Waals surface area contributed by atoms with Crippen LogP contribution >= 0.6 is 0 Å².